The summed E-state index contributed by atoms with van der Waals surface area (Å²) in [4.78, 5) is 48.7. The molecule has 0 spiro atoms. The SMILES string of the molecule is CCOC(=O)COc1c(Br)cc(/C=C2/SC(=O)N(Cc3cccc([N+](=O)[O-])c3)C2=O)cc1OCC. The summed E-state index contributed by atoms with van der Waals surface area (Å²) in [6.45, 7) is 3.65. The van der Waals surface area contributed by atoms with Gasteiger partial charge in [-0.2, -0.15) is 0 Å². The molecule has 1 fully saturated rings. The Morgan fingerprint density at radius 2 is 1.94 bits per heavy atom. The van der Waals surface area contributed by atoms with Crippen LogP contribution in [0.15, 0.2) is 45.8 Å². The van der Waals surface area contributed by atoms with Gasteiger partial charge in [0.05, 0.1) is 34.1 Å². The van der Waals surface area contributed by atoms with Crippen molar-refractivity contribution in [1.29, 1.82) is 0 Å². The van der Waals surface area contributed by atoms with E-state index >= 15 is 0 Å². The number of esters is 1. The zero-order chi connectivity index (χ0) is 25.5. The smallest absolute Gasteiger partial charge is 0.344 e. The highest BCUT2D eigenvalue weighted by molar-refractivity contribution is 9.10. The largest absolute Gasteiger partial charge is 0.490 e. The Morgan fingerprint density at radius 3 is 2.63 bits per heavy atom. The maximum absolute atomic E-state index is 12.9. The van der Waals surface area contributed by atoms with E-state index in [1.807, 2.05) is 0 Å². The van der Waals surface area contributed by atoms with E-state index < -0.39 is 22.0 Å². The Balaban J connectivity index is 1.82. The normalized spacial score (nSPS) is 14.4. The lowest BCUT2D eigenvalue weighted by atomic mass is 10.1. The van der Waals surface area contributed by atoms with Gasteiger partial charge in [-0.05, 0) is 70.9 Å². The van der Waals surface area contributed by atoms with Gasteiger partial charge in [0, 0.05) is 12.1 Å². The number of thioether (sulfide) groups is 1. The second-order valence-electron chi connectivity index (χ2n) is 7.05. The van der Waals surface area contributed by atoms with Crippen LogP contribution in [0.4, 0.5) is 10.5 Å². The number of nitro benzene ring substituents is 1. The topological polar surface area (TPSA) is 125 Å². The fourth-order valence-corrected chi connectivity index (χ4v) is 4.56. The first kappa shape index (κ1) is 26.2. The van der Waals surface area contributed by atoms with Gasteiger partial charge in [0.2, 0.25) is 0 Å². The number of hydrogen-bond donors (Lipinski definition) is 0. The first-order valence-corrected chi connectivity index (χ1v) is 12.1. The highest BCUT2D eigenvalue weighted by atomic mass is 79.9. The molecule has 1 aliphatic heterocycles. The van der Waals surface area contributed by atoms with Crippen LogP contribution in [0.2, 0.25) is 0 Å². The summed E-state index contributed by atoms with van der Waals surface area (Å²) in [5, 5.41) is 10.5. The van der Waals surface area contributed by atoms with Crippen LogP contribution in [0.5, 0.6) is 11.5 Å². The molecule has 0 N–H and O–H groups in total. The van der Waals surface area contributed by atoms with E-state index in [2.05, 4.69) is 15.9 Å². The number of amides is 2. The summed E-state index contributed by atoms with van der Waals surface area (Å²) in [5.74, 6) is -0.393. The van der Waals surface area contributed by atoms with E-state index in [-0.39, 0.29) is 30.4 Å². The van der Waals surface area contributed by atoms with Crippen molar-refractivity contribution in [2.75, 3.05) is 19.8 Å². The molecule has 0 bridgehead atoms. The predicted octanol–water partition coefficient (Wildman–Crippen LogP) is 4.93. The molecule has 0 aliphatic carbocycles. The number of nitro groups is 1. The number of halogens is 1. The van der Waals surface area contributed by atoms with Crippen molar-refractivity contribution < 1.29 is 33.5 Å². The zero-order valence-electron chi connectivity index (χ0n) is 18.8. The Labute approximate surface area is 213 Å². The molecule has 0 atom stereocenters. The van der Waals surface area contributed by atoms with Crippen LogP contribution in [0, 0.1) is 10.1 Å². The lowest BCUT2D eigenvalue weighted by Gasteiger charge is -2.14. The summed E-state index contributed by atoms with van der Waals surface area (Å²) in [6.07, 6.45) is 1.54. The molecule has 1 aliphatic rings. The fourth-order valence-electron chi connectivity index (χ4n) is 3.15. The van der Waals surface area contributed by atoms with Crippen molar-refractivity contribution in [3.63, 3.8) is 0 Å². The molecule has 0 unspecified atom stereocenters. The number of nitrogens with zero attached hydrogens (tertiary/aromatic N) is 2. The number of hydrogen-bond acceptors (Lipinski definition) is 9. The molecular formula is C23H21BrN2O8S. The van der Waals surface area contributed by atoms with Gasteiger partial charge < -0.3 is 14.2 Å². The minimum atomic E-state index is -0.537. The summed E-state index contributed by atoms with van der Waals surface area (Å²) in [7, 11) is 0. The monoisotopic (exact) mass is 564 g/mol. The van der Waals surface area contributed by atoms with E-state index in [4.69, 9.17) is 14.2 Å². The van der Waals surface area contributed by atoms with Crippen LogP contribution in [0.3, 0.4) is 0 Å². The van der Waals surface area contributed by atoms with E-state index in [0.717, 1.165) is 16.7 Å². The number of rotatable bonds is 10. The molecule has 2 aromatic carbocycles. The molecule has 184 valence electrons. The first-order valence-electron chi connectivity index (χ1n) is 10.5. The quantitative estimate of drug-likeness (QED) is 0.171. The number of imide groups is 1. The molecule has 10 nitrogen and oxygen atoms in total. The molecule has 2 amide bonds. The molecule has 3 rings (SSSR count). The van der Waals surface area contributed by atoms with Gasteiger partial charge in [0.1, 0.15) is 0 Å². The third-order valence-electron chi connectivity index (χ3n) is 4.60. The van der Waals surface area contributed by atoms with Crippen LogP contribution in [-0.2, 0) is 20.9 Å². The Kier molecular flexibility index (Phi) is 8.88. The molecular weight excluding hydrogens is 544 g/mol. The van der Waals surface area contributed by atoms with Crippen molar-refractivity contribution in [3.05, 3.63) is 67.0 Å². The Morgan fingerprint density at radius 1 is 1.17 bits per heavy atom. The van der Waals surface area contributed by atoms with Gasteiger partial charge in [-0.15, -0.1) is 0 Å². The standard InChI is InChI=1S/C23H21BrN2O8S/c1-3-32-18-10-15(9-17(24)21(18)34-13-20(27)33-4-2)11-19-22(28)25(23(29)35-19)12-14-6-5-7-16(8-14)26(30)31/h5-11H,3-4,12-13H2,1-2H3/b19-11+. The maximum atomic E-state index is 12.9. The average Bonchev–Trinajstić information content (AvgIpc) is 3.06. The third kappa shape index (κ3) is 6.61. The van der Waals surface area contributed by atoms with Gasteiger partial charge in [0.25, 0.3) is 16.8 Å². The van der Waals surface area contributed by atoms with E-state index in [9.17, 15) is 24.5 Å². The Hall–Kier alpha value is -3.38. The van der Waals surface area contributed by atoms with Crippen LogP contribution in [0.1, 0.15) is 25.0 Å². The van der Waals surface area contributed by atoms with Crippen LogP contribution >= 0.6 is 27.7 Å². The second-order valence-corrected chi connectivity index (χ2v) is 8.90. The summed E-state index contributed by atoms with van der Waals surface area (Å²) in [5.41, 5.74) is 0.903. The van der Waals surface area contributed by atoms with Gasteiger partial charge in [-0.25, -0.2) is 4.79 Å². The molecule has 1 saturated heterocycles. The number of carbonyl (C=O) groups excluding carboxylic acids is 3. The molecule has 0 radical (unpaired) electrons. The summed E-state index contributed by atoms with van der Waals surface area (Å²) in [6, 6.07) is 9.07. The molecule has 12 heteroatoms. The Bertz CT molecular complexity index is 1200. The first-order chi connectivity index (χ1) is 16.7. The van der Waals surface area contributed by atoms with Crippen molar-refractivity contribution in [3.8, 4) is 11.5 Å². The average molecular weight is 565 g/mol. The van der Waals surface area contributed by atoms with Crippen LogP contribution < -0.4 is 9.47 Å². The van der Waals surface area contributed by atoms with Crippen LogP contribution in [-0.4, -0.2) is 46.8 Å². The third-order valence-corrected chi connectivity index (χ3v) is 6.10. The van der Waals surface area contributed by atoms with E-state index in [1.54, 1.807) is 38.1 Å². The maximum Gasteiger partial charge on any atom is 0.344 e. The number of non-ortho nitro benzene ring substituents is 1. The van der Waals surface area contributed by atoms with Crippen molar-refractivity contribution in [2.45, 2.75) is 20.4 Å². The number of benzene rings is 2. The van der Waals surface area contributed by atoms with Gasteiger partial charge >= 0.3 is 5.97 Å². The van der Waals surface area contributed by atoms with Gasteiger partial charge in [-0.1, -0.05) is 12.1 Å². The molecule has 0 saturated carbocycles. The van der Waals surface area contributed by atoms with Crippen molar-refractivity contribution in [1.82, 2.24) is 4.90 Å². The van der Waals surface area contributed by atoms with Crippen LogP contribution in [0.25, 0.3) is 6.08 Å². The lowest BCUT2D eigenvalue weighted by Crippen LogP contribution is -2.27. The number of ether oxygens (including phenoxy) is 3. The van der Waals surface area contributed by atoms with Crippen molar-refractivity contribution in [2.24, 2.45) is 0 Å². The minimum Gasteiger partial charge on any atom is -0.490 e. The second kappa shape index (κ2) is 11.8. The molecule has 35 heavy (non-hydrogen) atoms. The summed E-state index contributed by atoms with van der Waals surface area (Å²) < 4.78 is 16.5. The molecule has 0 aromatic heterocycles. The number of carbonyl (C=O) groups is 3. The van der Waals surface area contributed by atoms with Gasteiger partial charge in [0.15, 0.2) is 18.1 Å². The molecule has 1 heterocycles. The summed E-state index contributed by atoms with van der Waals surface area (Å²) >= 11 is 4.17. The fraction of sp³-hybridized carbons (Fsp3) is 0.261. The minimum absolute atomic E-state index is 0.0851. The zero-order valence-corrected chi connectivity index (χ0v) is 21.2. The van der Waals surface area contributed by atoms with Gasteiger partial charge in [-0.3, -0.25) is 24.6 Å². The van der Waals surface area contributed by atoms with Crippen molar-refractivity contribution >= 4 is 56.6 Å². The van der Waals surface area contributed by atoms with E-state index in [1.165, 1.54) is 18.2 Å². The predicted molar refractivity (Wildman–Crippen MR) is 132 cm³/mol. The molecule has 2 aromatic rings. The lowest BCUT2D eigenvalue weighted by molar-refractivity contribution is -0.384. The highest BCUT2D eigenvalue weighted by Gasteiger charge is 2.35. The highest BCUT2D eigenvalue weighted by Crippen LogP contribution is 2.39. The van der Waals surface area contributed by atoms with E-state index in [0.29, 0.717) is 33.7 Å².